The van der Waals surface area contributed by atoms with E-state index in [2.05, 4.69) is 12.1 Å². The molecule has 0 fully saturated rings. The van der Waals surface area contributed by atoms with Gasteiger partial charge in [0.05, 0.1) is 13.2 Å². The van der Waals surface area contributed by atoms with E-state index in [1.807, 2.05) is 66.7 Å². The Hall–Kier alpha value is -3.22. The fourth-order valence-corrected chi connectivity index (χ4v) is 3.53. The number of hydrogen-bond donors (Lipinski definition) is 1. The molecule has 0 unspecified atom stereocenters. The van der Waals surface area contributed by atoms with Gasteiger partial charge in [-0.15, -0.1) is 0 Å². The highest BCUT2D eigenvalue weighted by Crippen LogP contribution is 2.30. The van der Waals surface area contributed by atoms with Crippen LogP contribution < -0.4 is 18.9 Å². The molecular formula is C27H30O6. The second-order valence-corrected chi connectivity index (χ2v) is 7.99. The largest absolute Gasteiger partial charge is 0.487 e. The van der Waals surface area contributed by atoms with Crippen molar-refractivity contribution < 1.29 is 28.8 Å². The highest BCUT2D eigenvalue weighted by Gasteiger charge is 2.30. The van der Waals surface area contributed by atoms with Gasteiger partial charge in [-0.2, -0.15) is 0 Å². The maximum Gasteiger partial charge on any atom is 0.161 e. The molecule has 1 heterocycles. The van der Waals surface area contributed by atoms with E-state index in [1.165, 1.54) is 0 Å². The van der Waals surface area contributed by atoms with Crippen molar-refractivity contribution in [3.05, 3.63) is 84.4 Å². The van der Waals surface area contributed by atoms with E-state index in [1.54, 1.807) is 0 Å². The summed E-state index contributed by atoms with van der Waals surface area (Å²) in [4.78, 5) is 0. The molecule has 0 amide bonds. The third-order valence-corrected chi connectivity index (χ3v) is 5.38. The molecule has 4 rings (SSSR count). The first-order valence-electron chi connectivity index (χ1n) is 11.3. The molecule has 0 spiro atoms. The summed E-state index contributed by atoms with van der Waals surface area (Å²) < 4.78 is 29.4. The lowest BCUT2D eigenvalue weighted by Gasteiger charge is -2.29. The summed E-state index contributed by atoms with van der Waals surface area (Å²) in [6, 6.07) is 25.0. The molecule has 174 valence electrons. The molecule has 3 aromatic carbocycles. The maximum atomic E-state index is 11.5. The lowest BCUT2D eigenvalue weighted by atomic mass is 9.96. The monoisotopic (exact) mass is 450 g/mol. The normalized spacial score (nSPS) is 16.6. The Kier molecular flexibility index (Phi) is 8.06. The van der Waals surface area contributed by atoms with E-state index in [9.17, 15) is 5.11 Å². The molecule has 0 bridgehead atoms. The zero-order chi connectivity index (χ0) is 22.8. The van der Waals surface area contributed by atoms with Crippen LogP contribution in [0.1, 0.15) is 12.0 Å². The fourth-order valence-electron chi connectivity index (χ4n) is 3.53. The first-order chi connectivity index (χ1) is 16.2. The Morgan fingerprint density at radius 2 is 1.03 bits per heavy atom. The molecule has 0 aliphatic carbocycles. The topological polar surface area (TPSA) is 66.4 Å². The number of rotatable bonds is 3. The predicted molar refractivity (Wildman–Crippen MR) is 125 cm³/mol. The van der Waals surface area contributed by atoms with E-state index in [0.717, 1.165) is 5.56 Å². The first-order valence-corrected chi connectivity index (χ1v) is 11.3. The van der Waals surface area contributed by atoms with Crippen molar-refractivity contribution in [2.24, 2.45) is 0 Å². The van der Waals surface area contributed by atoms with Crippen LogP contribution in [-0.4, -0.2) is 50.3 Å². The quantitative estimate of drug-likeness (QED) is 0.642. The SMILES string of the molecule is OC1(CCc2ccccc2)COc2ccccc2OCCOCCOc2ccccc2OC1. The number of aryl methyl sites for hydroxylation is 1. The summed E-state index contributed by atoms with van der Waals surface area (Å²) in [5.41, 5.74) is -0.0819. The second kappa shape index (κ2) is 11.6. The van der Waals surface area contributed by atoms with Gasteiger partial charge < -0.3 is 28.8 Å². The number of para-hydroxylation sites is 4. The Morgan fingerprint density at radius 1 is 0.576 bits per heavy atom. The van der Waals surface area contributed by atoms with Crippen LogP contribution >= 0.6 is 0 Å². The van der Waals surface area contributed by atoms with Gasteiger partial charge >= 0.3 is 0 Å². The Bertz CT molecular complexity index is 935. The summed E-state index contributed by atoms with van der Waals surface area (Å²) in [5.74, 6) is 2.38. The van der Waals surface area contributed by atoms with E-state index in [-0.39, 0.29) is 13.2 Å². The van der Waals surface area contributed by atoms with Gasteiger partial charge in [0.25, 0.3) is 0 Å². The highest BCUT2D eigenvalue weighted by atomic mass is 16.6. The van der Waals surface area contributed by atoms with E-state index in [4.69, 9.17) is 23.7 Å². The first kappa shape index (κ1) is 23.0. The molecule has 6 heteroatoms. The average Bonchev–Trinajstić information content (AvgIpc) is 2.86. The van der Waals surface area contributed by atoms with Crippen molar-refractivity contribution in [2.45, 2.75) is 18.4 Å². The minimum atomic E-state index is -1.23. The predicted octanol–water partition coefficient (Wildman–Crippen LogP) is 4.30. The van der Waals surface area contributed by atoms with Crippen molar-refractivity contribution >= 4 is 0 Å². The van der Waals surface area contributed by atoms with Crippen LogP contribution in [0.15, 0.2) is 78.9 Å². The smallest absolute Gasteiger partial charge is 0.161 e. The lowest BCUT2D eigenvalue weighted by Crippen LogP contribution is -2.42. The third-order valence-electron chi connectivity index (χ3n) is 5.38. The Labute approximate surface area is 194 Å². The van der Waals surface area contributed by atoms with Crippen molar-refractivity contribution in [2.75, 3.05) is 39.6 Å². The molecular weight excluding hydrogens is 420 g/mol. The molecule has 0 aromatic heterocycles. The van der Waals surface area contributed by atoms with Crippen LogP contribution in [0.25, 0.3) is 0 Å². The van der Waals surface area contributed by atoms with Gasteiger partial charge in [0, 0.05) is 0 Å². The van der Waals surface area contributed by atoms with Gasteiger partial charge in [-0.05, 0) is 42.7 Å². The molecule has 1 aliphatic rings. The summed E-state index contributed by atoms with van der Waals surface area (Å²) in [5, 5.41) is 11.5. The van der Waals surface area contributed by atoms with Gasteiger partial charge in [-0.3, -0.25) is 0 Å². The van der Waals surface area contributed by atoms with Crippen LogP contribution in [0, 0.1) is 0 Å². The zero-order valence-electron chi connectivity index (χ0n) is 18.7. The molecule has 0 radical (unpaired) electrons. The molecule has 0 atom stereocenters. The summed E-state index contributed by atoms with van der Waals surface area (Å²) in [7, 11) is 0. The number of ether oxygens (including phenoxy) is 5. The minimum Gasteiger partial charge on any atom is -0.487 e. The lowest BCUT2D eigenvalue weighted by molar-refractivity contribution is -0.0468. The molecule has 0 saturated heterocycles. The van der Waals surface area contributed by atoms with Gasteiger partial charge in [-0.25, -0.2) is 0 Å². The molecule has 1 N–H and O–H groups in total. The van der Waals surface area contributed by atoms with Gasteiger partial charge in [0.15, 0.2) is 23.0 Å². The van der Waals surface area contributed by atoms with Gasteiger partial charge in [-0.1, -0.05) is 54.6 Å². The second-order valence-electron chi connectivity index (χ2n) is 7.99. The molecule has 1 aliphatic heterocycles. The van der Waals surface area contributed by atoms with Gasteiger partial charge in [0.1, 0.15) is 32.0 Å². The molecule has 6 nitrogen and oxygen atoms in total. The van der Waals surface area contributed by atoms with Crippen LogP contribution in [0.2, 0.25) is 0 Å². The zero-order valence-corrected chi connectivity index (χ0v) is 18.7. The number of aliphatic hydroxyl groups is 1. The number of hydrogen-bond acceptors (Lipinski definition) is 6. The summed E-state index contributed by atoms with van der Waals surface area (Å²) in [6.07, 6.45) is 1.16. The summed E-state index contributed by atoms with van der Waals surface area (Å²) >= 11 is 0. The standard InChI is InChI=1S/C27H30O6/c28-27(15-14-22-8-2-1-3-9-22)20-32-25-12-6-4-10-23(25)30-18-16-29-17-19-31-24-11-5-7-13-26(24)33-21-27/h1-13,28H,14-21H2. The van der Waals surface area contributed by atoms with Crippen molar-refractivity contribution in [3.63, 3.8) is 0 Å². The minimum absolute atomic E-state index is 0.0553. The van der Waals surface area contributed by atoms with Crippen LogP contribution in [0.5, 0.6) is 23.0 Å². The van der Waals surface area contributed by atoms with Crippen LogP contribution in [-0.2, 0) is 11.2 Å². The van der Waals surface area contributed by atoms with E-state index >= 15 is 0 Å². The summed E-state index contributed by atoms with van der Waals surface area (Å²) in [6.45, 7) is 1.74. The van der Waals surface area contributed by atoms with Crippen molar-refractivity contribution in [3.8, 4) is 23.0 Å². The van der Waals surface area contributed by atoms with E-state index in [0.29, 0.717) is 62.3 Å². The fraction of sp³-hybridized carbons (Fsp3) is 0.333. The maximum absolute atomic E-state index is 11.5. The molecule has 33 heavy (non-hydrogen) atoms. The molecule has 3 aromatic rings. The van der Waals surface area contributed by atoms with Gasteiger partial charge in [0.2, 0.25) is 0 Å². The molecule has 0 saturated carbocycles. The highest BCUT2D eigenvalue weighted by molar-refractivity contribution is 5.40. The third kappa shape index (κ3) is 6.88. The average molecular weight is 451 g/mol. The van der Waals surface area contributed by atoms with E-state index < -0.39 is 5.60 Å². The Morgan fingerprint density at radius 3 is 1.55 bits per heavy atom. The van der Waals surface area contributed by atoms with Crippen LogP contribution in [0.3, 0.4) is 0 Å². The van der Waals surface area contributed by atoms with Crippen molar-refractivity contribution in [1.29, 1.82) is 0 Å². The Balaban J connectivity index is 1.54. The van der Waals surface area contributed by atoms with Crippen molar-refractivity contribution in [1.82, 2.24) is 0 Å². The number of benzene rings is 3. The number of fused-ring (bicyclic) bond motifs is 2. The van der Waals surface area contributed by atoms with Crippen LogP contribution in [0.4, 0.5) is 0 Å².